The minimum Gasteiger partial charge on any atom is -0.346 e. The van der Waals surface area contributed by atoms with Gasteiger partial charge in [-0.05, 0) is 51.0 Å². The number of fused-ring (bicyclic) bond motifs is 1. The van der Waals surface area contributed by atoms with E-state index in [1.807, 2.05) is 63.2 Å². The third kappa shape index (κ3) is 4.79. The summed E-state index contributed by atoms with van der Waals surface area (Å²) in [5, 5.41) is 6.04. The maximum absolute atomic E-state index is 12.5. The number of imidazole rings is 1. The van der Waals surface area contributed by atoms with Gasteiger partial charge in [-0.2, -0.15) is 0 Å². The number of aryl methyl sites for hydroxylation is 3. The molecule has 0 saturated heterocycles. The summed E-state index contributed by atoms with van der Waals surface area (Å²) in [4.78, 5) is 29.4. The average Bonchev–Trinajstić information content (AvgIpc) is 3.05. The molecule has 0 spiro atoms. The van der Waals surface area contributed by atoms with Gasteiger partial charge in [-0.25, -0.2) is 4.98 Å². The van der Waals surface area contributed by atoms with E-state index in [1.165, 1.54) is 11.8 Å². The van der Waals surface area contributed by atoms with E-state index >= 15 is 0 Å². The molecule has 0 aliphatic rings. The van der Waals surface area contributed by atoms with E-state index in [1.54, 1.807) is 0 Å². The predicted molar refractivity (Wildman–Crippen MR) is 118 cm³/mol. The lowest BCUT2D eigenvalue weighted by Crippen LogP contribution is -2.37. The van der Waals surface area contributed by atoms with E-state index in [0.29, 0.717) is 0 Å². The summed E-state index contributed by atoms with van der Waals surface area (Å²) in [6, 6.07) is 13.8. The van der Waals surface area contributed by atoms with Crippen molar-refractivity contribution in [3.05, 3.63) is 53.6 Å². The molecule has 2 aromatic carbocycles. The first-order valence-electron chi connectivity index (χ1n) is 9.66. The molecule has 0 aliphatic heterocycles. The van der Waals surface area contributed by atoms with Crippen molar-refractivity contribution in [2.75, 3.05) is 11.9 Å². The van der Waals surface area contributed by atoms with Crippen LogP contribution >= 0.6 is 11.8 Å². The molecular weight excluding hydrogens is 384 g/mol. The van der Waals surface area contributed by atoms with Gasteiger partial charge in [-0.1, -0.05) is 42.1 Å². The number of hydrogen-bond donors (Lipinski definition) is 2. The summed E-state index contributed by atoms with van der Waals surface area (Å²) in [5.74, 6) is -0.435. The van der Waals surface area contributed by atoms with Crippen LogP contribution in [-0.4, -0.2) is 33.2 Å². The maximum Gasteiger partial charge on any atom is 0.243 e. The number of amides is 2. The molecule has 6 nitrogen and oxygen atoms in total. The van der Waals surface area contributed by atoms with E-state index in [9.17, 15) is 9.59 Å². The summed E-state index contributed by atoms with van der Waals surface area (Å²) in [6.07, 6.45) is 0. The van der Waals surface area contributed by atoms with Gasteiger partial charge in [0.05, 0.1) is 22.8 Å². The molecule has 3 aromatic rings. The van der Waals surface area contributed by atoms with Gasteiger partial charge >= 0.3 is 0 Å². The SMILES string of the molecule is CCn1c(SC(C)C(=O)NCC(=O)Nc2c(C)cccc2C)nc2ccccc21. The number of nitrogens with one attached hydrogen (secondary N) is 2. The van der Waals surface area contributed by atoms with Crippen molar-refractivity contribution in [2.45, 2.75) is 44.6 Å². The third-order valence-corrected chi connectivity index (χ3v) is 5.85. The van der Waals surface area contributed by atoms with Crippen LogP contribution in [0.1, 0.15) is 25.0 Å². The summed E-state index contributed by atoms with van der Waals surface area (Å²) in [6.45, 7) is 8.47. The highest BCUT2D eigenvalue weighted by atomic mass is 32.2. The zero-order valence-electron chi connectivity index (χ0n) is 17.2. The largest absolute Gasteiger partial charge is 0.346 e. The van der Waals surface area contributed by atoms with Crippen LogP contribution in [0.2, 0.25) is 0 Å². The Morgan fingerprint density at radius 1 is 1.10 bits per heavy atom. The van der Waals surface area contributed by atoms with Crippen LogP contribution in [0.15, 0.2) is 47.6 Å². The highest BCUT2D eigenvalue weighted by Gasteiger charge is 2.19. The van der Waals surface area contributed by atoms with Crippen LogP contribution < -0.4 is 10.6 Å². The fourth-order valence-corrected chi connectivity index (χ4v) is 4.18. The lowest BCUT2D eigenvalue weighted by atomic mass is 10.1. The van der Waals surface area contributed by atoms with E-state index in [4.69, 9.17) is 0 Å². The normalized spacial score (nSPS) is 12.0. The van der Waals surface area contributed by atoms with Crippen LogP contribution in [0.25, 0.3) is 11.0 Å². The lowest BCUT2D eigenvalue weighted by Gasteiger charge is -2.14. The standard InChI is InChI=1S/C22H26N4O2S/c1-5-26-18-12-7-6-11-17(18)24-22(26)29-16(4)21(28)23-13-19(27)25-20-14(2)9-8-10-15(20)3/h6-12,16H,5,13H2,1-4H3,(H,23,28)(H,25,27). The number of carbonyl (C=O) groups is 2. The van der Waals surface area contributed by atoms with Crippen molar-refractivity contribution in [2.24, 2.45) is 0 Å². The molecule has 1 aromatic heterocycles. The molecule has 29 heavy (non-hydrogen) atoms. The molecule has 1 heterocycles. The van der Waals surface area contributed by atoms with Crippen molar-refractivity contribution in [1.29, 1.82) is 0 Å². The molecule has 1 unspecified atom stereocenters. The van der Waals surface area contributed by atoms with Gasteiger partial charge in [0.15, 0.2) is 5.16 Å². The molecule has 0 radical (unpaired) electrons. The molecule has 2 N–H and O–H groups in total. The van der Waals surface area contributed by atoms with E-state index in [-0.39, 0.29) is 23.6 Å². The molecule has 0 bridgehead atoms. The zero-order valence-corrected chi connectivity index (χ0v) is 18.0. The van der Waals surface area contributed by atoms with E-state index in [2.05, 4.69) is 27.1 Å². The molecule has 3 rings (SSSR count). The van der Waals surface area contributed by atoms with Crippen LogP contribution in [0.4, 0.5) is 5.69 Å². The average molecular weight is 411 g/mol. The van der Waals surface area contributed by atoms with Gasteiger partial charge in [0.1, 0.15) is 0 Å². The first-order valence-corrected chi connectivity index (χ1v) is 10.5. The second-order valence-corrected chi connectivity index (χ2v) is 8.23. The number of thioether (sulfide) groups is 1. The fraction of sp³-hybridized carbons (Fsp3) is 0.318. The molecule has 7 heteroatoms. The minimum absolute atomic E-state index is 0.0678. The van der Waals surface area contributed by atoms with Crippen LogP contribution in [0.3, 0.4) is 0 Å². The molecule has 2 amide bonds. The zero-order chi connectivity index (χ0) is 21.0. The Kier molecular flexibility index (Phi) is 6.59. The minimum atomic E-state index is -0.370. The Bertz CT molecular complexity index is 1020. The van der Waals surface area contributed by atoms with Gasteiger partial charge in [0, 0.05) is 12.2 Å². The Morgan fingerprint density at radius 2 is 1.79 bits per heavy atom. The van der Waals surface area contributed by atoms with Crippen molar-refractivity contribution in [1.82, 2.24) is 14.9 Å². The van der Waals surface area contributed by atoms with Crippen molar-refractivity contribution in [3.63, 3.8) is 0 Å². The fourth-order valence-electron chi connectivity index (χ4n) is 3.17. The molecule has 152 valence electrons. The Labute approximate surface area is 175 Å². The quantitative estimate of drug-likeness (QED) is 0.579. The predicted octanol–water partition coefficient (Wildman–Crippen LogP) is 3.91. The second kappa shape index (κ2) is 9.13. The van der Waals surface area contributed by atoms with E-state index < -0.39 is 0 Å². The summed E-state index contributed by atoms with van der Waals surface area (Å²) >= 11 is 1.40. The molecule has 1 atom stereocenters. The number of nitrogens with zero attached hydrogens (tertiary/aromatic N) is 2. The van der Waals surface area contributed by atoms with Gasteiger partial charge in [0.2, 0.25) is 11.8 Å². The van der Waals surface area contributed by atoms with Crippen LogP contribution in [-0.2, 0) is 16.1 Å². The van der Waals surface area contributed by atoms with Gasteiger partial charge in [-0.15, -0.1) is 0 Å². The Hall–Kier alpha value is -2.80. The lowest BCUT2D eigenvalue weighted by molar-refractivity contribution is -0.123. The second-order valence-electron chi connectivity index (χ2n) is 6.92. The van der Waals surface area contributed by atoms with Crippen LogP contribution in [0, 0.1) is 13.8 Å². The van der Waals surface area contributed by atoms with Gasteiger partial charge in [-0.3, -0.25) is 9.59 Å². The molecule has 0 aliphatic carbocycles. The number of aromatic nitrogens is 2. The number of anilines is 1. The number of carbonyl (C=O) groups excluding carboxylic acids is 2. The number of benzene rings is 2. The van der Waals surface area contributed by atoms with Gasteiger partial charge in [0.25, 0.3) is 0 Å². The van der Waals surface area contributed by atoms with Crippen LogP contribution in [0.5, 0.6) is 0 Å². The monoisotopic (exact) mass is 410 g/mol. The number of para-hydroxylation sites is 3. The maximum atomic E-state index is 12.5. The molecule has 0 saturated carbocycles. The van der Waals surface area contributed by atoms with Crippen molar-refractivity contribution < 1.29 is 9.59 Å². The summed E-state index contributed by atoms with van der Waals surface area (Å²) in [7, 11) is 0. The highest BCUT2D eigenvalue weighted by Crippen LogP contribution is 2.27. The molecular formula is C22H26N4O2S. The summed E-state index contributed by atoms with van der Waals surface area (Å²) in [5.41, 5.74) is 4.75. The first kappa shape index (κ1) is 20.9. The van der Waals surface area contributed by atoms with E-state index in [0.717, 1.165) is 39.5 Å². The number of rotatable bonds is 7. The van der Waals surface area contributed by atoms with Gasteiger partial charge < -0.3 is 15.2 Å². The molecule has 0 fully saturated rings. The topological polar surface area (TPSA) is 76.0 Å². The highest BCUT2D eigenvalue weighted by molar-refractivity contribution is 8.00. The first-order chi connectivity index (χ1) is 13.9. The Morgan fingerprint density at radius 3 is 2.48 bits per heavy atom. The number of hydrogen-bond acceptors (Lipinski definition) is 4. The smallest absolute Gasteiger partial charge is 0.243 e. The van der Waals surface area contributed by atoms with Crippen molar-refractivity contribution in [3.8, 4) is 0 Å². The van der Waals surface area contributed by atoms with Crippen molar-refractivity contribution >= 4 is 40.3 Å². The summed E-state index contributed by atoms with van der Waals surface area (Å²) < 4.78 is 2.09. The Balaban J connectivity index is 1.59. The third-order valence-electron chi connectivity index (χ3n) is 4.76.